The van der Waals surface area contributed by atoms with Gasteiger partial charge >= 0.3 is 0 Å². The molecule has 1 aliphatic heterocycles. The van der Waals surface area contributed by atoms with Crippen LogP contribution in [-0.4, -0.2) is 49.0 Å². The van der Waals surface area contributed by atoms with Gasteiger partial charge in [-0.3, -0.25) is 14.9 Å². The van der Waals surface area contributed by atoms with E-state index in [1.807, 2.05) is 4.90 Å². The summed E-state index contributed by atoms with van der Waals surface area (Å²) in [5.74, 6) is 0.312. The number of ether oxygens (including phenoxy) is 1. The summed E-state index contributed by atoms with van der Waals surface area (Å²) in [6, 6.07) is 11.7. The lowest BCUT2D eigenvalue weighted by Crippen LogP contribution is -2.49. The summed E-state index contributed by atoms with van der Waals surface area (Å²) in [5.41, 5.74) is 0.994. The van der Waals surface area contributed by atoms with Crippen LogP contribution in [0.15, 0.2) is 42.5 Å². The lowest BCUT2D eigenvalue weighted by molar-refractivity contribution is -0.384. The van der Waals surface area contributed by atoms with Crippen LogP contribution in [0.1, 0.15) is 10.4 Å². The molecule has 3 rings (SSSR count). The molecule has 1 aliphatic rings. The first kappa shape index (κ1) is 18.0. The molecule has 0 saturated carbocycles. The highest BCUT2D eigenvalue weighted by Gasteiger charge is 2.27. The fraction of sp³-hybridized carbons (Fsp3) is 0.278. The van der Waals surface area contributed by atoms with Gasteiger partial charge in [-0.2, -0.15) is 0 Å². The Morgan fingerprint density at radius 1 is 1.15 bits per heavy atom. The zero-order valence-corrected chi connectivity index (χ0v) is 15.0. The number of halogens is 1. The van der Waals surface area contributed by atoms with E-state index in [9.17, 15) is 14.9 Å². The van der Waals surface area contributed by atoms with E-state index in [-0.39, 0.29) is 11.6 Å². The van der Waals surface area contributed by atoms with Crippen molar-refractivity contribution in [1.29, 1.82) is 0 Å². The van der Waals surface area contributed by atoms with E-state index in [1.54, 1.807) is 41.3 Å². The number of anilines is 1. The van der Waals surface area contributed by atoms with Crippen LogP contribution in [0.5, 0.6) is 5.75 Å². The number of methoxy groups -OCH3 is 1. The van der Waals surface area contributed by atoms with Gasteiger partial charge in [0.05, 0.1) is 28.7 Å². The first-order chi connectivity index (χ1) is 12.5. The Balaban J connectivity index is 1.74. The van der Waals surface area contributed by atoms with Gasteiger partial charge in [-0.05, 0) is 24.3 Å². The number of nitro benzene ring substituents is 1. The van der Waals surface area contributed by atoms with Gasteiger partial charge in [-0.1, -0.05) is 23.7 Å². The van der Waals surface area contributed by atoms with Crippen molar-refractivity contribution in [2.45, 2.75) is 0 Å². The second-order valence-corrected chi connectivity index (χ2v) is 6.28. The lowest BCUT2D eigenvalue weighted by atomic mass is 10.1. The van der Waals surface area contributed by atoms with Gasteiger partial charge in [0.25, 0.3) is 11.6 Å². The lowest BCUT2D eigenvalue weighted by Gasteiger charge is -2.36. The molecule has 0 N–H and O–H groups in total. The van der Waals surface area contributed by atoms with Crippen LogP contribution in [0.25, 0.3) is 0 Å². The third-order valence-corrected chi connectivity index (χ3v) is 4.72. The fourth-order valence-corrected chi connectivity index (χ4v) is 3.22. The smallest absolute Gasteiger partial charge is 0.296 e. The third kappa shape index (κ3) is 3.57. The zero-order valence-electron chi connectivity index (χ0n) is 14.2. The Bertz CT molecular complexity index is 835. The summed E-state index contributed by atoms with van der Waals surface area (Å²) in [4.78, 5) is 27.2. The number of piperazine rings is 1. The quantitative estimate of drug-likeness (QED) is 0.605. The van der Waals surface area contributed by atoms with Gasteiger partial charge in [0, 0.05) is 26.2 Å². The van der Waals surface area contributed by atoms with E-state index >= 15 is 0 Å². The Labute approximate surface area is 155 Å². The Hall–Kier alpha value is -2.80. The maximum atomic E-state index is 12.6. The SMILES string of the molecule is COc1ccc(N2CCN(C(=O)c3ccccc3Cl)CC2)c([N+](=O)[O-])c1. The van der Waals surface area contributed by atoms with E-state index in [0.29, 0.717) is 48.2 Å². The summed E-state index contributed by atoms with van der Waals surface area (Å²) in [6.07, 6.45) is 0. The highest BCUT2D eigenvalue weighted by atomic mass is 35.5. The van der Waals surface area contributed by atoms with Crippen LogP contribution in [0.2, 0.25) is 5.02 Å². The van der Waals surface area contributed by atoms with Crippen molar-refractivity contribution in [3.8, 4) is 5.75 Å². The number of nitrogens with zero attached hydrogens (tertiary/aromatic N) is 3. The molecular weight excluding hydrogens is 358 g/mol. The minimum atomic E-state index is -0.418. The minimum absolute atomic E-state index is 0.00442. The van der Waals surface area contributed by atoms with Crippen molar-refractivity contribution in [2.24, 2.45) is 0 Å². The van der Waals surface area contributed by atoms with Gasteiger partial charge in [0.15, 0.2) is 0 Å². The highest BCUT2D eigenvalue weighted by molar-refractivity contribution is 6.33. The number of carbonyl (C=O) groups is 1. The van der Waals surface area contributed by atoms with Gasteiger partial charge in [-0.25, -0.2) is 0 Å². The molecular formula is C18H18ClN3O4. The molecule has 7 nitrogen and oxygen atoms in total. The van der Waals surface area contributed by atoms with Crippen molar-refractivity contribution in [2.75, 3.05) is 38.2 Å². The second-order valence-electron chi connectivity index (χ2n) is 5.87. The van der Waals surface area contributed by atoms with Crippen molar-refractivity contribution < 1.29 is 14.5 Å². The summed E-state index contributed by atoms with van der Waals surface area (Å²) in [6.45, 7) is 1.94. The van der Waals surface area contributed by atoms with Crippen molar-refractivity contribution in [1.82, 2.24) is 4.90 Å². The van der Waals surface area contributed by atoms with Crippen LogP contribution in [0.4, 0.5) is 11.4 Å². The average molecular weight is 376 g/mol. The van der Waals surface area contributed by atoms with Crippen LogP contribution in [-0.2, 0) is 0 Å². The van der Waals surface area contributed by atoms with Crippen LogP contribution in [0.3, 0.4) is 0 Å². The third-order valence-electron chi connectivity index (χ3n) is 4.39. The molecule has 0 radical (unpaired) electrons. The van der Waals surface area contributed by atoms with Crippen molar-refractivity contribution in [3.05, 3.63) is 63.2 Å². The first-order valence-electron chi connectivity index (χ1n) is 8.12. The van der Waals surface area contributed by atoms with Gasteiger partial charge < -0.3 is 14.5 Å². The molecule has 0 aliphatic carbocycles. The number of amides is 1. The molecule has 1 saturated heterocycles. The molecule has 0 atom stereocenters. The second kappa shape index (κ2) is 7.61. The number of benzene rings is 2. The maximum absolute atomic E-state index is 12.6. The monoisotopic (exact) mass is 375 g/mol. The summed E-state index contributed by atoms with van der Waals surface area (Å²) < 4.78 is 5.07. The van der Waals surface area contributed by atoms with E-state index in [4.69, 9.17) is 16.3 Å². The number of carbonyl (C=O) groups excluding carboxylic acids is 1. The fourth-order valence-electron chi connectivity index (χ4n) is 3.00. The van der Waals surface area contributed by atoms with E-state index in [0.717, 1.165) is 0 Å². The Kier molecular flexibility index (Phi) is 5.27. The Morgan fingerprint density at radius 3 is 2.46 bits per heavy atom. The highest BCUT2D eigenvalue weighted by Crippen LogP contribution is 2.32. The molecule has 1 fully saturated rings. The van der Waals surface area contributed by atoms with Crippen molar-refractivity contribution >= 4 is 28.9 Å². The van der Waals surface area contributed by atoms with Crippen molar-refractivity contribution in [3.63, 3.8) is 0 Å². The summed E-state index contributed by atoms with van der Waals surface area (Å²) in [5, 5.41) is 11.8. The number of hydrogen-bond acceptors (Lipinski definition) is 5. The molecule has 0 aromatic heterocycles. The van der Waals surface area contributed by atoms with Gasteiger partial charge in [0.1, 0.15) is 11.4 Å². The molecule has 1 heterocycles. The number of hydrogen-bond donors (Lipinski definition) is 0. The van der Waals surface area contributed by atoms with Crippen LogP contribution in [0, 0.1) is 10.1 Å². The molecule has 2 aromatic rings. The molecule has 0 spiro atoms. The molecule has 8 heteroatoms. The predicted molar refractivity (Wildman–Crippen MR) is 99.2 cm³/mol. The molecule has 26 heavy (non-hydrogen) atoms. The minimum Gasteiger partial charge on any atom is -0.496 e. The normalized spacial score (nSPS) is 14.2. The van der Waals surface area contributed by atoms with E-state index in [2.05, 4.69) is 0 Å². The standard InChI is InChI=1S/C18H18ClN3O4/c1-26-13-6-7-16(17(12-13)22(24)25)20-8-10-21(11-9-20)18(23)14-4-2-3-5-15(14)19/h2-7,12H,8-11H2,1H3. The number of nitro groups is 1. The zero-order chi connectivity index (χ0) is 18.7. The molecule has 0 bridgehead atoms. The molecule has 136 valence electrons. The van der Waals surface area contributed by atoms with E-state index < -0.39 is 4.92 Å². The summed E-state index contributed by atoms with van der Waals surface area (Å²) >= 11 is 6.10. The number of rotatable bonds is 4. The predicted octanol–water partition coefficient (Wildman–Crippen LogP) is 3.22. The largest absolute Gasteiger partial charge is 0.496 e. The molecule has 1 amide bonds. The van der Waals surface area contributed by atoms with Crippen LogP contribution < -0.4 is 9.64 Å². The van der Waals surface area contributed by atoms with E-state index in [1.165, 1.54) is 13.2 Å². The topological polar surface area (TPSA) is 75.9 Å². The molecule has 2 aromatic carbocycles. The Morgan fingerprint density at radius 2 is 1.85 bits per heavy atom. The van der Waals surface area contributed by atoms with Crippen LogP contribution >= 0.6 is 11.6 Å². The summed E-state index contributed by atoms with van der Waals surface area (Å²) in [7, 11) is 1.47. The first-order valence-corrected chi connectivity index (χ1v) is 8.50. The maximum Gasteiger partial charge on any atom is 0.296 e. The van der Waals surface area contributed by atoms with Gasteiger partial charge in [0.2, 0.25) is 0 Å². The van der Waals surface area contributed by atoms with Gasteiger partial charge in [-0.15, -0.1) is 0 Å². The molecule has 0 unspecified atom stereocenters. The average Bonchev–Trinajstić information content (AvgIpc) is 2.67.